The second-order valence-electron chi connectivity index (χ2n) is 7.06. The number of nitrogens with zero attached hydrogens (tertiary/aromatic N) is 1. The molecule has 2 heterocycles. The van der Waals surface area contributed by atoms with Gasteiger partial charge in [-0.3, -0.25) is 9.69 Å². The summed E-state index contributed by atoms with van der Waals surface area (Å²) >= 11 is 5.94. The van der Waals surface area contributed by atoms with E-state index >= 15 is 0 Å². The van der Waals surface area contributed by atoms with Crippen LogP contribution in [0.1, 0.15) is 24.1 Å². The van der Waals surface area contributed by atoms with Gasteiger partial charge in [0.15, 0.2) is 0 Å². The first kappa shape index (κ1) is 20.0. The van der Waals surface area contributed by atoms with E-state index in [4.69, 9.17) is 16.3 Å². The number of nitrogens with one attached hydrogen (secondary N) is 2. The summed E-state index contributed by atoms with van der Waals surface area (Å²) in [6.07, 6.45) is 0.847. The molecule has 0 spiro atoms. The van der Waals surface area contributed by atoms with Crippen molar-refractivity contribution in [3.63, 3.8) is 0 Å². The molecule has 0 saturated carbocycles. The van der Waals surface area contributed by atoms with E-state index in [2.05, 4.69) is 10.6 Å². The molecular weight excluding hydrogens is 406 g/mol. The van der Waals surface area contributed by atoms with E-state index in [-0.39, 0.29) is 19.1 Å². The zero-order valence-corrected chi connectivity index (χ0v) is 17.0. The van der Waals surface area contributed by atoms with Crippen molar-refractivity contribution in [2.75, 3.05) is 18.5 Å². The predicted molar refractivity (Wildman–Crippen MR) is 112 cm³/mol. The first-order valence-corrected chi connectivity index (χ1v) is 9.96. The monoisotopic (exact) mass is 425 g/mol. The first-order valence-electron chi connectivity index (χ1n) is 9.58. The van der Waals surface area contributed by atoms with E-state index in [9.17, 15) is 14.4 Å². The van der Waals surface area contributed by atoms with Gasteiger partial charge in [-0.2, -0.15) is 0 Å². The Bertz CT molecular complexity index is 1050. The lowest BCUT2D eigenvalue weighted by atomic mass is 9.96. The lowest BCUT2D eigenvalue weighted by Crippen LogP contribution is -2.49. The lowest BCUT2D eigenvalue weighted by Gasteiger charge is -2.32. The van der Waals surface area contributed by atoms with Crippen molar-refractivity contribution >= 4 is 35.2 Å². The van der Waals surface area contributed by atoms with Crippen molar-refractivity contribution in [1.82, 2.24) is 10.2 Å². The molecule has 30 heavy (non-hydrogen) atoms. The molecule has 2 aliphatic heterocycles. The molecule has 0 saturated heterocycles. The Kier molecular flexibility index (Phi) is 5.46. The summed E-state index contributed by atoms with van der Waals surface area (Å²) in [5.74, 6) is -0.874. The van der Waals surface area contributed by atoms with E-state index in [1.54, 1.807) is 30.3 Å². The van der Waals surface area contributed by atoms with Crippen LogP contribution in [0, 0.1) is 0 Å². The van der Waals surface area contributed by atoms with Crippen molar-refractivity contribution in [3.8, 4) is 0 Å². The van der Waals surface area contributed by atoms with Gasteiger partial charge in [0.25, 0.3) is 0 Å². The Labute approximate surface area is 178 Å². The SMILES string of the molecule is CCc1cccc(NC(=O)CN2C(=O)N[C@H](c3ccc(Cl)cc3)C3=C2COC3=O)c1. The number of ether oxygens (including phenoxy) is 1. The maximum absolute atomic E-state index is 12.8. The van der Waals surface area contributed by atoms with Crippen molar-refractivity contribution in [2.24, 2.45) is 0 Å². The molecule has 4 rings (SSSR count). The number of cyclic esters (lactones) is 1. The molecule has 0 radical (unpaired) electrons. The highest BCUT2D eigenvalue weighted by atomic mass is 35.5. The summed E-state index contributed by atoms with van der Waals surface area (Å²) < 4.78 is 5.18. The standard InChI is InChI=1S/C22H20ClN3O4/c1-2-13-4-3-5-16(10-13)24-18(27)11-26-17-12-30-21(28)19(17)20(25-22(26)29)14-6-8-15(23)9-7-14/h3-10,20H,2,11-12H2,1H3,(H,24,27)(H,25,29)/t20-/m1/s1. The Morgan fingerprint density at radius 1 is 1.23 bits per heavy atom. The number of halogens is 1. The number of carbonyl (C=O) groups excluding carboxylic acids is 3. The van der Waals surface area contributed by atoms with E-state index in [0.29, 0.717) is 27.5 Å². The number of amides is 3. The Balaban J connectivity index is 1.57. The number of anilines is 1. The Hall–Kier alpha value is -3.32. The molecule has 0 unspecified atom stereocenters. The third-order valence-electron chi connectivity index (χ3n) is 5.12. The molecule has 154 valence electrons. The van der Waals surface area contributed by atoms with Crippen molar-refractivity contribution in [2.45, 2.75) is 19.4 Å². The van der Waals surface area contributed by atoms with Crippen molar-refractivity contribution in [3.05, 3.63) is 76.0 Å². The highest BCUT2D eigenvalue weighted by Crippen LogP contribution is 2.35. The predicted octanol–water partition coefficient (Wildman–Crippen LogP) is 3.42. The molecule has 2 aromatic rings. The van der Waals surface area contributed by atoms with Crippen LogP contribution in [0.3, 0.4) is 0 Å². The van der Waals surface area contributed by atoms with Gasteiger partial charge in [0.05, 0.1) is 17.3 Å². The Morgan fingerprint density at radius 2 is 2.00 bits per heavy atom. The molecule has 0 fully saturated rings. The number of hydrogen-bond donors (Lipinski definition) is 2. The quantitative estimate of drug-likeness (QED) is 0.718. The fourth-order valence-corrected chi connectivity index (χ4v) is 3.72. The zero-order valence-electron chi connectivity index (χ0n) is 16.3. The topological polar surface area (TPSA) is 87.7 Å². The maximum atomic E-state index is 12.8. The van der Waals surface area contributed by atoms with Gasteiger partial charge in [-0.05, 0) is 41.8 Å². The van der Waals surface area contributed by atoms with Crippen molar-refractivity contribution in [1.29, 1.82) is 0 Å². The normalized spacial score (nSPS) is 18.1. The van der Waals surface area contributed by atoms with Gasteiger partial charge in [-0.1, -0.05) is 42.8 Å². The minimum Gasteiger partial charge on any atom is -0.456 e. The van der Waals surface area contributed by atoms with Crippen LogP contribution in [0.15, 0.2) is 59.8 Å². The Morgan fingerprint density at radius 3 is 2.73 bits per heavy atom. The number of benzene rings is 2. The van der Waals surface area contributed by atoms with Crippen molar-refractivity contribution < 1.29 is 19.1 Å². The third kappa shape index (κ3) is 3.89. The molecule has 1 atom stereocenters. The summed E-state index contributed by atoms with van der Waals surface area (Å²) in [5, 5.41) is 6.15. The second-order valence-corrected chi connectivity index (χ2v) is 7.50. The van der Waals surface area contributed by atoms with Crippen LogP contribution in [-0.4, -0.2) is 36.0 Å². The van der Waals surface area contributed by atoms with Crippen LogP contribution in [0.25, 0.3) is 0 Å². The smallest absolute Gasteiger partial charge is 0.338 e. The highest BCUT2D eigenvalue weighted by Gasteiger charge is 2.42. The molecule has 8 heteroatoms. The minimum absolute atomic E-state index is 0.0513. The van der Waals surface area contributed by atoms with Gasteiger partial charge in [0, 0.05) is 10.7 Å². The van der Waals surface area contributed by atoms with Gasteiger partial charge in [-0.15, -0.1) is 0 Å². The van der Waals surface area contributed by atoms with Crippen LogP contribution in [0.4, 0.5) is 10.5 Å². The molecule has 0 aromatic heterocycles. The summed E-state index contributed by atoms with van der Waals surface area (Å²) in [5.41, 5.74) is 3.19. The minimum atomic E-state index is -0.652. The fourth-order valence-electron chi connectivity index (χ4n) is 3.60. The van der Waals surface area contributed by atoms with E-state index < -0.39 is 18.0 Å². The second kappa shape index (κ2) is 8.20. The molecule has 2 aliphatic rings. The van der Waals surface area contributed by atoms with Gasteiger partial charge >= 0.3 is 12.0 Å². The summed E-state index contributed by atoms with van der Waals surface area (Å²) in [4.78, 5) is 39.0. The number of urea groups is 1. The van der Waals surface area contributed by atoms with Gasteiger partial charge < -0.3 is 15.4 Å². The van der Waals surface area contributed by atoms with Crippen LogP contribution >= 0.6 is 11.6 Å². The summed E-state index contributed by atoms with van der Waals surface area (Å²) in [6.45, 7) is 1.75. The molecule has 0 aliphatic carbocycles. The maximum Gasteiger partial charge on any atom is 0.338 e. The molecule has 2 aromatic carbocycles. The molecule has 2 N–H and O–H groups in total. The summed E-state index contributed by atoms with van der Waals surface area (Å²) in [7, 11) is 0. The molecule has 3 amide bonds. The zero-order chi connectivity index (χ0) is 21.3. The summed E-state index contributed by atoms with van der Waals surface area (Å²) in [6, 6.07) is 13.3. The molecule has 0 bridgehead atoms. The van der Waals surface area contributed by atoms with Gasteiger partial charge in [-0.25, -0.2) is 9.59 Å². The number of aryl methyl sites for hydroxylation is 1. The van der Waals surface area contributed by atoms with Gasteiger partial charge in [0.1, 0.15) is 13.2 Å². The van der Waals surface area contributed by atoms with E-state index in [1.165, 1.54) is 4.90 Å². The first-order chi connectivity index (χ1) is 14.5. The number of esters is 1. The largest absolute Gasteiger partial charge is 0.456 e. The van der Waals surface area contributed by atoms with Crippen LogP contribution in [0.2, 0.25) is 5.02 Å². The highest BCUT2D eigenvalue weighted by molar-refractivity contribution is 6.30. The molecule has 7 nitrogen and oxygen atoms in total. The lowest BCUT2D eigenvalue weighted by molar-refractivity contribution is -0.136. The number of rotatable bonds is 5. The fraction of sp³-hybridized carbons (Fsp3) is 0.227. The average molecular weight is 426 g/mol. The number of hydrogen-bond acceptors (Lipinski definition) is 4. The van der Waals surface area contributed by atoms with Gasteiger partial charge in [0.2, 0.25) is 5.91 Å². The number of carbonyl (C=O) groups is 3. The average Bonchev–Trinajstić information content (AvgIpc) is 3.12. The molecular formula is C22H20ClN3O4. The van der Waals surface area contributed by atoms with Crippen LogP contribution in [0.5, 0.6) is 0 Å². The van der Waals surface area contributed by atoms with Crippen LogP contribution in [-0.2, 0) is 20.7 Å². The third-order valence-corrected chi connectivity index (χ3v) is 5.37. The van der Waals surface area contributed by atoms with Crippen LogP contribution < -0.4 is 10.6 Å². The van der Waals surface area contributed by atoms with E-state index in [0.717, 1.165) is 12.0 Å². The van der Waals surface area contributed by atoms with E-state index in [1.807, 2.05) is 25.1 Å².